The van der Waals surface area contributed by atoms with Gasteiger partial charge in [-0.05, 0) is 42.7 Å². The van der Waals surface area contributed by atoms with E-state index in [1.165, 1.54) is 34.6 Å². The highest BCUT2D eigenvalue weighted by molar-refractivity contribution is 7.14. The average molecular weight is 309 g/mol. The third kappa shape index (κ3) is 3.64. The molecule has 0 aliphatic heterocycles. The van der Waals surface area contributed by atoms with Crippen LogP contribution in [0, 0.1) is 11.8 Å². The maximum Gasteiger partial charge on any atom is 0.326 e. The van der Waals surface area contributed by atoms with Crippen LogP contribution in [0.3, 0.4) is 0 Å². The number of nitrogens with one attached hydrogen (secondary N) is 1. The first-order chi connectivity index (χ1) is 9.92. The summed E-state index contributed by atoms with van der Waals surface area (Å²) in [6.45, 7) is 5.80. The summed E-state index contributed by atoms with van der Waals surface area (Å²) in [5.41, 5.74) is 1.28. The lowest BCUT2D eigenvalue weighted by molar-refractivity contribution is -0.140. The van der Waals surface area contributed by atoms with Crippen LogP contribution in [-0.2, 0) is 17.6 Å². The smallest absolute Gasteiger partial charge is 0.326 e. The van der Waals surface area contributed by atoms with E-state index in [2.05, 4.69) is 12.2 Å². The lowest BCUT2D eigenvalue weighted by Gasteiger charge is -2.19. The first-order valence-corrected chi connectivity index (χ1v) is 8.39. The summed E-state index contributed by atoms with van der Waals surface area (Å²) in [6.07, 6.45) is 4.44. The van der Waals surface area contributed by atoms with E-state index < -0.39 is 12.0 Å². The molecule has 1 aromatic rings. The molecule has 0 radical (unpaired) electrons. The highest BCUT2D eigenvalue weighted by atomic mass is 32.1. The molecule has 2 atom stereocenters. The van der Waals surface area contributed by atoms with Crippen molar-refractivity contribution in [2.24, 2.45) is 11.8 Å². The van der Waals surface area contributed by atoms with Crippen LogP contribution >= 0.6 is 11.3 Å². The Bertz CT molecular complexity index is 536. The van der Waals surface area contributed by atoms with Crippen molar-refractivity contribution in [1.82, 2.24) is 5.32 Å². The van der Waals surface area contributed by atoms with Gasteiger partial charge in [-0.3, -0.25) is 4.79 Å². The molecule has 1 aliphatic rings. The van der Waals surface area contributed by atoms with Gasteiger partial charge in [-0.15, -0.1) is 11.3 Å². The van der Waals surface area contributed by atoms with Crippen molar-refractivity contribution in [2.75, 3.05) is 0 Å². The number of hydrogen-bond donors (Lipinski definition) is 2. The van der Waals surface area contributed by atoms with Gasteiger partial charge in [0.2, 0.25) is 0 Å². The largest absolute Gasteiger partial charge is 0.480 e. The van der Waals surface area contributed by atoms with E-state index in [9.17, 15) is 9.59 Å². The van der Waals surface area contributed by atoms with Crippen LogP contribution in [0.2, 0.25) is 0 Å². The Labute approximate surface area is 129 Å². The van der Waals surface area contributed by atoms with E-state index in [1.54, 1.807) is 13.8 Å². The van der Waals surface area contributed by atoms with Crippen LogP contribution in [0.4, 0.5) is 0 Å². The van der Waals surface area contributed by atoms with Crippen LogP contribution in [0.1, 0.15) is 53.7 Å². The molecule has 2 rings (SSSR count). The monoisotopic (exact) mass is 309 g/mol. The maximum absolute atomic E-state index is 12.3. The number of hydrogen-bond acceptors (Lipinski definition) is 3. The Morgan fingerprint density at radius 3 is 2.76 bits per heavy atom. The minimum absolute atomic E-state index is 0.134. The highest BCUT2D eigenvalue weighted by Crippen LogP contribution is 2.33. The Morgan fingerprint density at radius 2 is 2.19 bits per heavy atom. The topological polar surface area (TPSA) is 66.4 Å². The lowest BCUT2D eigenvalue weighted by Crippen LogP contribution is -2.44. The second-order valence-electron chi connectivity index (χ2n) is 6.11. The summed E-state index contributed by atoms with van der Waals surface area (Å²) in [4.78, 5) is 25.4. The summed E-state index contributed by atoms with van der Waals surface area (Å²) in [5.74, 6) is -0.662. The van der Waals surface area contributed by atoms with E-state index in [0.717, 1.165) is 12.8 Å². The second-order valence-corrected chi connectivity index (χ2v) is 7.25. The van der Waals surface area contributed by atoms with Crippen molar-refractivity contribution in [1.29, 1.82) is 0 Å². The molecule has 0 bridgehead atoms. The summed E-state index contributed by atoms with van der Waals surface area (Å²) in [5, 5.41) is 11.8. The molecular formula is C16H23NO3S. The number of thiophene rings is 1. The Balaban J connectivity index is 2.10. The molecule has 4 nitrogen and oxygen atoms in total. The number of carboxylic acid groups (broad SMARTS) is 1. The third-order valence-corrected chi connectivity index (χ3v) is 5.44. The van der Waals surface area contributed by atoms with Crippen molar-refractivity contribution < 1.29 is 14.7 Å². The first kappa shape index (κ1) is 16.0. The summed E-state index contributed by atoms with van der Waals surface area (Å²) >= 11 is 1.52. The average Bonchev–Trinajstić information content (AvgIpc) is 2.86. The number of rotatable bonds is 5. The molecule has 1 heterocycles. The number of aliphatic carboxylic acids is 1. The molecule has 0 fully saturated rings. The summed E-state index contributed by atoms with van der Waals surface area (Å²) in [7, 11) is 0. The van der Waals surface area contributed by atoms with Crippen molar-refractivity contribution in [3.8, 4) is 0 Å². The van der Waals surface area contributed by atoms with Crippen LogP contribution < -0.4 is 5.32 Å². The lowest BCUT2D eigenvalue weighted by atomic mass is 9.87. The van der Waals surface area contributed by atoms with E-state index >= 15 is 0 Å². The Morgan fingerprint density at radius 1 is 1.48 bits per heavy atom. The number of carbonyl (C=O) groups is 2. The van der Waals surface area contributed by atoms with Gasteiger partial charge in [0.25, 0.3) is 5.91 Å². The predicted octanol–water partition coefficient (Wildman–Crippen LogP) is 3.10. The zero-order valence-corrected chi connectivity index (χ0v) is 13.6. The number of carboxylic acids is 1. The third-order valence-electron chi connectivity index (χ3n) is 4.21. The predicted molar refractivity (Wildman–Crippen MR) is 83.9 cm³/mol. The SMILES string of the molecule is CCC1CCc2sc(C(=O)NC(C(=O)O)C(C)C)cc2C1. The molecule has 1 aliphatic carbocycles. The molecule has 1 amide bonds. The molecule has 0 aromatic carbocycles. The molecule has 21 heavy (non-hydrogen) atoms. The number of fused-ring (bicyclic) bond motifs is 1. The zero-order chi connectivity index (χ0) is 15.6. The standard InChI is InChI=1S/C16H23NO3S/c1-4-10-5-6-12-11(7-10)8-13(21-12)15(18)17-14(9(2)3)16(19)20/h8-10,14H,4-7H2,1-3H3,(H,17,18)(H,19,20). The van der Waals surface area contributed by atoms with Gasteiger partial charge in [-0.2, -0.15) is 0 Å². The van der Waals surface area contributed by atoms with Gasteiger partial charge in [0.1, 0.15) is 6.04 Å². The van der Waals surface area contributed by atoms with Crippen LogP contribution in [0.15, 0.2) is 6.07 Å². The van der Waals surface area contributed by atoms with Gasteiger partial charge in [0.05, 0.1) is 4.88 Å². The molecule has 1 aromatic heterocycles. The van der Waals surface area contributed by atoms with Crippen LogP contribution in [-0.4, -0.2) is 23.0 Å². The zero-order valence-electron chi connectivity index (χ0n) is 12.8. The fourth-order valence-corrected chi connectivity index (χ4v) is 3.90. The minimum Gasteiger partial charge on any atom is -0.480 e. The van der Waals surface area contributed by atoms with Crippen LogP contribution in [0.25, 0.3) is 0 Å². The molecule has 0 saturated heterocycles. The molecule has 116 valence electrons. The van der Waals surface area contributed by atoms with Gasteiger partial charge >= 0.3 is 5.97 Å². The summed E-state index contributed by atoms with van der Waals surface area (Å²) in [6, 6.07) is 1.12. The molecule has 2 unspecified atom stereocenters. The van der Waals surface area contributed by atoms with Crippen molar-refractivity contribution >= 4 is 23.2 Å². The number of carbonyl (C=O) groups excluding carboxylic acids is 1. The van der Waals surface area contributed by atoms with E-state index in [-0.39, 0.29) is 11.8 Å². The molecule has 5 heteroatoms. The fraction of sp³-hybridized carbons (Fsp3) is 0.625. The van der Waals surface area contributed by atoms with Crippen molar-refractivity contribution in [2.45, 2.75) is 52.5 Å². The van der Waals surface area contributed by atoms with Gasteiger partial charge in [-0.25, -0.2) is 4.79 Å². The first-order valence-electron chi connectivity index (χ1n) is 7.57. The van der Waals surface area contributed by atoms with E-state index in [1.807, 2.05) is 6.07 Å². The molecule has 0 spiro atoms. The van der Waals surface area contributed by atoms with Crippen molar-refractivity contribution in [3.63, 3.8) is 0 Å². The molecule has 0 saturated carbocycles. The fourth-order valence-electron chi connectivity index (χ4n) is 2.79. The maximum atomic E-state index is 12.3. The van der Waals surface area contributed by atoms with Gasteiger partial charge in [0, 0.05) is 4.88 Å². The summed E-state index contributed by atoms with van der Waals surface area (Å²) < 4.78 is 0. The number of aryl methyl sites for hydroxylation is 1. The van der Waals surface area contributed by atoms with Gasteiger partial charge < -0.3 is 10.4 Å². The Hall–Kier alpha value is -1.36. The second kappa shape index (κ2) is 6.60. The normalized spacial score (nSPS) is 19.1. The van der Waals surface area contributed by atoms with Crippen molar-refractivity contribution in [3.05, 3.63) is 21.4 Å². The van der Waals surface area contributed by atoms with Gasteiger partial charge in [0.15, 0.2) is 0 Å². The van der Waals surface area contributed by atoms with Crippen LogP contribution in [0.5, 0.6) is 0 Å². The van der Waals surface area contributed by atoms with Gasteiger partial charge in [-0.1, -0.05) is 27.2 Å². The molecular weight excluding hydrogens is 286 g/mol. The quantitative estimate of drug-likeness (QED) is 0.878. The van der Waals surface area contributed by atoms with E-state index in [4.69, 9.17) is 5.11 Å². The number of amides is 1. The Kier molecular flexibility index (Phi) is 5.04. The highest BCUT2D eigenvalue weighted by Gasteiger charge is 2.26. The minimum atomic E-state index is -0.981. The molecule has 2 N–H and O–H groups in total. The van der Waals surface area contributed by atoms with E-state index in [0.29, 0.717) is 10.8 Å².